The molecule has 116 valence electrons. The molecule has 1 heterocycles. The molecule has 1 unspecified atom stereocenters. The van der Waals surface area contributed by atoms with Crippen molar-refractivity contribution in [1.82, 2.24) is 14.9 Å². The van der Waals surface area contributed by atoms with E-state index in [0.717, 1.165) is 5.56 Å². The van der Waals surface area contributed by atoms with Gasteiger partial charge in [-0.25, -0.2) is 13.1 Å². The monoisotopic (exact) mass is 331 g/mol. The highest BCUT2D eigenvalue weighted by Crippen LogP contribution is 2.24. The van der Waals surface area contributed by atoms with Crippen LogP contribution >= 0.6 is 11.6 Å². The van der Waals surface area contributed by atoms with E-state index in [0.29, 0.717) is 24.7 Å². The molecule has 8 heteroatoms. The van der Waals surface area contributed by atoms with Gasteiger partial charge in [-0.3, -0.25) is 4.79 Å². The number of amides is 1. The molecule has 1 amide bonds. The molecular formula is C13H18ClN3O3S. The van der Waals surface area contributed by atoms with Gasteiger partial charge >= 0.3 is 0 Å². The van der Waals surface area contributed by atoms with Crippen LogP contribution in [0.15, 0.2) is 24.3 Å². The maximum absolute atomic E-state index is 12.1. The number of carbonyl (C=O) groups excluding carboxylic acids is 1. The number of nitrogens with one attached hydrogen (secondary N) is 2. The molecular weight excluding hydrogens is 314 g/mol. The molecule has 0 aromatic heterocycles. The third kappa shape index (κ3) is 4.16. The quantitative estimate of drug-likeness (QED) is 0.835. The molecule has 1 aromatic rings. The minimum absolute atomic E-state index is 0.0892. The lowest BCUT2D eigenvalue weighted by Gasteiger charge is -2.34. The van der Waals surface area contributed by atoms with Crippen LogP contribution in [0.3, 0.4) is 0 Å². The summed E-state index contributed by atoms with van der Waals surface area (Å²) < 4.78 is 25.1. The third-order valence-electron chi connectivity index (χ3n) is 3.43. The molecule has 0 saturated carbocycles. The number of hydrogen-bond acceptors (Lipinski definition) is 4. The molecule has 1 atom stereocenters. The predicted octanol–water partition coefficient (Wildman–Crippen LogP) is 0.362. The van der Waals surface area contributed by atoms with E-state index < -0.39 is 21.7 Å². The van der Waals surface area contributed by atoms with Gasteiger partial charge in [0.2, 0.25) is 15.9 Å². The molecule has 6 nitrogen and oxygen atoms in total. The van der Waals surface area contributed by atoms with Crippen molar-refractivity contribution in [3.63, 3.8) is 0 Å². The van der Waals surface area contributed by atoms with E-state index >= 15 is 0 Å². The summed E-state index contributed by atoms with van der Waals surface area (Å²) in [5, 5.41) is 3.93. The molecule has 21 heavy (non-hydrogen) atoms. The van der Waals surface area contributed by atoms with Crippen molar-refractivity contribution in [2.24, 2.45) is 0 Å². The SMILES string of the molecule is CNS(=O)(=O)CC(=O)N1CCNC(c2ccccc2Cl)C1. The molecule has 1 fully saturated rings. The minimum atomic E-state index is -3.55. The van der Waals surface area contributed by atoms with Crippen LogP contribution in [0, 0.1) is 0 Å². The summed E-state index contributed by atoms with van der Waals surface area (Å²) in [6.07, 6.45) is 0. The van der Waals surface area contributed by atoms with Gasteiger partial charge in [0, 0.05) is 24.7 Å². The topological polar surface area (TPSA) is 78.5 Å². The van der Waals surface area contributed by atoms with E-state index in [9.17, 15) is 13.2 Å². The zero-order chi connectivity index (χ0) is 15.5. The van der Waals surface area contributed by atoms with E-state index in [-0.39, 0.29) is 6.04 Å². The Morgan fingerprint density at radius 2 is 2.19 bits per heavy atom. The Hall–Kier alpha value is -1.15. The molecule has 2 N–H and O–H groups in total. The number of carbonyl (C=O) groups is 1. The molecule has 1 aliphatic heterocycles. The number of sulfonamides is 1. The summed E-state index contributed by atoms with van der Waals surface area (Å²) in [6.45, 7) is 1.49. The van der Waals surface area contributed by atoms with Gasteiger partial charge < -0.3 is 10.2 Å². The Morgan fingerprint density at radius 3 is 2.86 bits per heavy atom. The van der Waals surface area contributed by atoms with Gasteiger partial charge in [0.15, 0.2) is 0 Å². The minimum Gasteiger partial charge on any atom is -0.339 e. The second kappa shape index (κ2) is 6.74. The molecule has 0 bridgehead atoms. The normalized spacial score (nSPS) is 19.5. The summed E-state index contributed by atoms with van der Waals surface area (Å²) >= 11 is 6.16. The summed E-state index contributed by atoms with van der Waals surface area (Å²) in [7, 11) is -2.25. The smallest absolute Gasteiger partial charge is 0.239 e. The Balaban J connectivity index is 2.08. The third-order valence-corrected chi connectivity index (χ3v) is 5.03. The average Bonchev–Trinajstić information content (AvgIpc) is 2.47. The van der Waals surface area contributed by atoms with E-state index in [1.54, 1.807) is 11.0 Å². The van der Waals surface area contributed by atoms with Gasteiger partial charge in [0.05, 0.1) is 6.04 Å². The number of hydrogen-bond donors (Lipinski definition) is 2. The van der Waals surface area contributed by atoms with Gasteiger partial charge in [-0.05, 0) is 18.7 Å². The number of piperazine rings is 1. The molecule has 1 saturated heterocycles. The van der Waals surface area contributed by atoms with Crippen LogP contribution in [0.4, 0.5) is 0 Å². The fourth-order valence-electron chi connectivity index (χ4n) is 2.27. The first-order valence-electron chi connectivity index (χ1n) is 6.60. The van der Waals surface area contributed by atoms with Gasteiger partial charge in [-0.15, -0.1) is 0 Å². The van der Waals surface area contributed by atoms with Crippen molar-refractivity contribution in [3.8, 4) is 0 Å². The Bertz CT molecular complexity index is 621. The summed E-state index contributed by atoms with van der Waals surface area (Å²) in [5.74, 6) is -0.929. The zero-order valence-corrected chi connectivity index (χ0v) is 13.2. The van der Waals surface area contributed by atoms with Crippen molar-refractivity contribution < 1.29 is 13.2 Å². The largest absolute Gasteiger partial charge is 0.339 e. The molecule has 0 spiro atoms. The number of benzene rings is 1. The highest BCUT2D eigenvalue weighted by Gasteiger charge is 2.27. The van der Waals surface area contributed by atoms with Crippen molar-refractivity contribution in [2.45, 2.75) is 6.04 Å². The standard InChI is InChI=1S/C13H18ClN3O3S/c1-15-21(19,20)9-13(18)17-7-6-16-12(8-17)10-4-2-3-5-11(10)14/h2-5,12,15-16H,6-9H2,1H3. The summed E-state index contributed by atoms with van der Waals surface area (Å²) in [6, 6.07) is 7.34. The fourth-order valence-corrected chi connectivity index (χ4v) is 3.19. The van der Waals surface area contributed by atoms with Crippen LogP contribution in [0.1, 0.15) is 11.6 Å². The maximum atomic E-state index is 12.1. The van der Waals surface area contributed by atoms with Gasteiger partial charge in [-0.2, -0.15) is 0 Å². The van der Waals surface area contributed by atoms with Crippen molar-refractivity contribution in [1.29, 1.82) is 0 Å². The number of halogens is 1. The first-order chi connectivity index (χ1) is 9.93. The first kappa shape index (κ1) is 16.2. The van der Waals surface area contributed by atoms with Crippen LogP contribution < -0.4 is 10.0 Å². The highest BCUT2D eigenvalue weighted by molar-refractivity contribution is 7.90. The lowest BCUT2D eigenvalue weighted by Crippen LogP contribution is -2.50. The summed E-state index contributed by atoms with van der Waals surface area (Å²) in [4.78, 5) is 13.6. The predicted molar refractivity (Wildman–Crippen MR) is 81.6 cm³/mol. The van der Waals surface area contributed by atoms with E-state index in [4.69, 9.17) is 11.6 Å². The lowest BCUT2D eigenvalue weighted by atomic mass is 10.0. The Morgan fingerprint density at radius 1 is 1.48 bits per heavy atom. The van der Waals surface area contributed by atoms with Crippen LogP contribution in [-0.2, 0) is 14.8 Å². The molecule has 0 aliphatic carbocycles. The molecule has 1 aliphatic rings. The van der Waals surface area contributed by atoms with Crippen molar-refractivity contribution in [2.75, 3.05) is 32.4 Å². The first-order valence-corrected chi connectivity index (χ1v) is 8.63. The Kier molecular flexibility index (Phi) is 5.21. The van der Waals surface area contributed by atoms with Crippen molar-refractivity contribution in [3.05, 3.63) is 34.9 Å². The second-order valence-electron chi connectivity index (χ2n) is 4.83. The van der Waals surface area contributed by atoms with Gasteiger partial charge in [0.1, 0.15) is 5.75 Å². The van der Waals surface area contributed by atoms with Crippen LogP contribution in [0.5, 0.6) is 0 Å². The summed E-state index contributed by atoms with van der Waals surface area (Å²) in [5.41, 5.74) is 0.910. The highest BCUT2D eigenvalue weighted by atomic mass is 35.5. The lowest BCUT2D eigenvalue weighted by molar-refractivity contribution is -0.129. The maximum Gasteiger partial charge on any atom is 0.239 e. The van der Waals surface area contributed by atoms with Gasteiger partial charge in [0.25, 0.3) is 0 Å². The van der Waals surface area contributed by atoms with E-state index in [1.807, 2.05) is 18.2 Å². The molecule has 2 rings (SSSR count). The molecule has 1 aromatic carbocycles. The van der Waals surface area contributed by atoms with Crippen LogP contribution in [0.25, 0.3) is 0 Å². The van der Waals surface area contributed by atoms with Gasteiger partial charge in [-0.1, -0.05) is 29.8 Å². The number of nitrogens with zero attached hydrogens (tertiary/aromatic N) is 1. The average molecular weight is 332 g/mol. The van der Waals surface area contributed by atoms with Crippen molar-refractivity contribution >= 4 is 27.5 Å². The zero-order valence-electron chi connectivity index (χ0n) is 11.7. The van der Waals surface area contributed by atoms with E-state index in [2.05, 4.69) is 10.0 Å². The van der Waals surface area contributed by atoms with Crippen LogP contribution in [-0.4, -0.2) is 51.7 Å². The molecule has 0 radical (unpaired) electrons. The second-order valence-corrected chi connectivity index (χ2v) is 7.16. The Labute approximate surface area is 129 Å². The van der Waals surface area contributed by atoms with E-state index in [1.165, 1.54) is 7.05 Å². The fraction of sp³-hybridized carbons (Fsp3) is 0.462. The van der Waals surface area contributed by atoms with Crippen LogP contribution in [0.2, 0.25) is 5.02 Å². The number of rotatable bonds is 4.